The molecule has 7 nitrogen and oxygen atoms in total. The summed E-state index contributed by atoms with van der Waals surface area (Å²) in [5, 5.41) is 0.0163. The smallest absolute Gasteiger partial charge is 0.273 e. The molecule has 1 heterocycles. The minimum atomic E-state index is -3.58. The van der Waals surface area contributed by atoms with Gasteiger partial charge in [0.2, 0.25) is 0 Å². The molecule has 1 aromatic heterocycles. The van der Waals surface area contributed by atoms with Crippen molar-refractivity contribution in [3.63, 3.8) is 0 Å². The monoisotopic (exact) mass is 370 g/mol. The number of hydrogen-bond donors (Lipinski definition) is 2. The summed E-state index contributed by atoms with van der Waals surface area (Å²) in [6.07, 6.45) is 0.988. The van der Waals surface area contributed by atoms with Crippen LogP contribution in [0.1, 0.15) is 32.2 Å². The summed E-state index contributed by atoms with van der Waals surface area (Å²) in [6.45, 7) is 3.32. The lowest BCUT2D eigenvalue weighted by molar-refractivity contribution is 0.0845. The number of halogens is 1. The van der Waals surface area contributed by atoms with Crippen LogP contribution < -0.4 is 10.9 Å². The Bertz CT molecular complexity index is 918. The number of hydrogen-bond acceptors (Lipinski definition) is 5. The molecule has 128 valence electrons. The normalized spacial score (nSPS) is 11.2. The van der Waals surface area contributed by atoms with E-state index in [9.17, 15) is 18.0 Å². The van der Waals surface area contributed by atoms with Gasteiger partial charge in [-0.15, -0.1) is 0 Å². The average Bonchev–Trinajstić information content (AvgIpc) is 2.82. The van der Waals surface area contributed by atoms with Crippen molar-refractivity contribution in [3.05, 3.63) is 51.9 Å². The maximum Gasteiger partial charge on any atom is 0.273 e. The molecule has 0 aliphatic carbocycles. The van der Waals surface area contributed by atoms with Crippen molar-refractivity contribution in [1.82, 2.24) is 10.9 Å². The van der Waals surface area contributed by atoms with Crippen molar-refractivity contribution >= 4 is 33.3 Å². The summed E-state index contributed by atoms with van der Waals surface area (Å²) in [7, 11) is -3.58. The van der Waals surface area contributed by atoms with Crippen LogP contribution in [0.15, 0.2) is 33.6 Å². The number of aryl methyl sites for hydroxylation is 2. The fourth-order valence-electron chi connectivity index (χ4n) is 2.04. The molecule has 0 radical (unpaired) electrons. The fraction of sp³-hybridized carbons (Fsp3) is 0.200. The number of carbonyl (C=O) groups is 2. The summed E-state index contributed by atoms with van der Waals surface area (Å²) in [5.74, 6) is -0.234. The van der Waals surface area contributed by atoms with E-state index in [-0.39, 0.29) is 15.5 Å². The van der Waals surface area contributed by atoms with Crippen LogP contribution in [-0.2, 0) is 9.84 Å². The van der Waals surface area contributed by atoms with Gasteiger partial charge in [0.1, 0.15) is 11.5 Å². The SMILES string of the molecule is Cc1cc(C(=O)NNC(=O)c2ccc(Cl)c(S(C)(=O)=O)c2)c(C)o1. The second kappa shape index (κ2) is 6.66. The third kappa shape index (κ3) is 3.95. The second-order valence-electron chi connectivity index (χ2n) is 5.15. The molecule has 0 aliphatic rings. The minimum absolute atomic E-state index is 0.0163. The highest BCUT2D eigenvalue weighted by Crippen LogP contribution is 2.22. The Morgan fingerprint density at radius 2 is 1.71 bits per heavy atom. The van der Waals surface area contributed by atoms with E-state index < -0.39 is 21.7 Å². The highest BCUT2D eigenvalue weighted by atomic mass is 35.5. The van der Waals surface area contributed by atoms with Gasteiger partial charge in [-0.2, -0.15) is 0 Å². The highest BCUT2D eigenvalue weighted by molar-refractivity contribution is 7.90. The maximum absolute atomic E-state index is 12.1. The van der Waals surface area contributed by atoms with E-state index in [1.165, 1.54) is 12.1 Å². The molecular formula is C15H15ClN2O5S. The summed E-state index contributed by atoms with van der Waals surface area (Å²) >= 11 is 5.82. The van der Waals surface area contributed by atoms with E-state index >= 15 is 0 Å². The lowest BCUT2D eigenvalue weighted by Crippen LogP contribution is -2.41. The molecule has 0 aliphatic heterocycles. The largest absolute Gasteiger partial charge is 0.466 e. The van der Waals surface area contributed by atoms with Crippen molar-refractivity contribution in [3.8, 4) is 0 Å². The van der Waals surface area contributed by atoms with Crippen LogP contribution >= 0.6 is 11.6 Å². The van der Waals surface area contributed by atoms with Gasteiger partial charge in [0.15, 0.2) is 9.84 Å². The molecule has 2 amide bonds. The Labute approximate surface area is 143 Å². The van der Waals surface area contributed by atoms with Crippen LogP contribution in [0.5, 0.6) is 0 Å². The Kier molecular flexibility index (Phi) is 5.00. The minimum Gasteiger partial charge on any atom is -0.466 e. The third-order valence-electron chi connectivity index (χ3n) is 3.17. The van der Waals surface area contributed by atoms with Crippen LogP contribution in [0.2, 0.25) is 5.02 Å². The average molecular weight is 371 g/mol. The number of nitrogens with one attached hydrogen (secondary N) is 2. The molecule has 0 spiro atoms. The van der Waals surface area contributed by atoms with Gasteiger partial charge in [-0.1, -0.05) is 11.6 Å². The van der Waals surface area contributed by atoms with Gasteiger partial charge in [-0.3, -0.25) is 20.4 Å². The van der Waals surface area contributed by atoms with Gasteiger partial charge >= 0.3 is 0 Å². The quantitative estimate of drug-likeness (QED) is 0.804. The van der Waals surface area contributed by atoms with Crippen molar-refractivity contribution in [1.29, 1.82) is 0 Å². The van der Waals surface area contributed by atoms with Crippen molar-refractivity contribution in [2.24, 2.45) is 0 Å². The topological polar surface area (TPSA) is 105 Å². The van der Waals surface area contributed by atoms with Gasteiger partial charge in [0.25, 0.3) is 11.8 Å². The number of rotatable bonds is 3. The summed E-state index contributed by atoms with van der Waals surface area (Å²) < 4.78 is 28.5. The van der Waals surface area contributed by atoms with E-state index in [1.54, 1.807) is 19.9 Å². The molecule has 0 unspecified atom stereocenters. The number of benzene rings is 1. The first-order valence-electron chi connectivity index (χ1n) is 6.77. The highest BCUT2D eigenvalue weighted by Gasteiger charge is 2.17. The van der Waals surface area contributed by atoms with Gasteiger partial charge < -0.3 is 4.42 Å². The predicted octanol–water partition coefficient (Wildman–Crippen LogP) is 2.03. The maximum atomic E-state index is 12.1. The van der Waals surface area contributed by atoms with E-state index in [0.29, 0.717) is 17.1 Å². The molecule has 0 atom stereocenters. The number of sulfone groups is 1. The van der Waals surface area contributed by atoms with Gasteiger partial charge in [-0.05, 0) is 38.1 Å². The zero-order chi connectivity index (χ0) is 18.1. The zero-order valence-corrected chi connectivity index (χ0v) is 14.7. The summed E-state index contributed by atoms with van der Waals surface area (Å²) in [6, 6.07) is 5.34. The van der Waals surface area contributed by atoms with Crippen molar-refractivity contribution in [2.45, 2.75) is 18.7 Å². The molecule has 0 saturated heterocycles. The zero-order valence-electron chi connectivity index (χ0n) is 13.1. The summed E-state index contributed by atoms with van der Waals surface area (Å²) in [4.78, 5) is 23.9. The molecular weight excluding hydrogens is 356 g/mol. The number of carbonyl (C=O) groups excluding carboxylic acids is 2. The molecule has 2 N–H and O–H groups in total. The molecule has 2 aromatic rings. The van der Waals surface area contributed by atoms with Crippen LogP contribution in [-0.4, -0.2) is 26.5 Å². The molecule has 1 aromatic carbocycles. The first kappa shape index (κ1) is 18.0. The first-order chi connectivity index (χ1) is 11.1. The van der Waals surface area contributed by atoms with Gasteiger partial charge in [-0.25, -0.2) is 8.42 Å². The molecule has 0 bridgehead atoms. The first-order valence-corrected chi connectivity index (χ1v) is 9.04. The lowest BCUT2D eigenvalue weighted by atomic mass is 10.2. The van der Waals surface area contributed by atoms with E-state index in [1.807, 2.05) is 0 Å². The fourth-order valence-corrected chi connectivity index (χ4v) is 3.34. The molecule has 24 heavy (non-hydrogen) atoms. The third-order valence-corrected chi connectivity index (χ3v) is 4.75. The predicted molar refractivity (Wildman–Crippen MR) is 87.7 cm³/mol. The Balaban J connectivity index is 2.13. The Morgan fingerprint density at radius 1 is 1.08 bits per heavy atom. The van der Waals surface area contributed by atoms with Crippen molar-refractivity contribution < 1.29 is 22.4 Å². The molecule has 0 fully saturated rings. The van der Waals surface area contributed by atoms with E-state index in [2.05, 4.69) is 10.9 Å². The van der Waals surface area contributed by atoms with Crippen LogP contribution in [0.3, 0.4) is 0 Å². The number of hydrazine groups is 1. The van der Waals surface area contributed by atoms with Crippen LogP contribution in [0.25, 0.3) is 0 Å². The van der Waals surface area contributed by atoms with E-state index in [4.69, 9.17) is 16.0 Å². The summed E-state index contributed by atoms with van der Waals surface area (Å²) in [5.41, 5.74) is 4.79. The second-order valence-corrected chi connectivity index (χ2v) is 7.54. The molecule has 9 heteroatoms. The molecule has 2 rings (SSSR count). The number of furan rings is 1. The Morgan fingerprint density at radius 3 is 2.25 bits per heavy atom. The van der Waals surface area contributed by atoms with Crippen molar-refractivity contribution in [2.75, 3.05) is 6.26 Å². The molecule has 0 saturated carbocycles. The standard InChI is InChI=1S/C15H15ClN2O5S/c1-8-6-11(9(2)23-8)15(20)18-17-14(19)10-4-5-12(16)13(7-10)24(3,21)22/h4-7H,1-3H3,(H,17,19)(H,18,20). The van der Waals surface area contributed by atoms with Crippen LogP contribution in [0.4, 0.5) is 0 Å². The van der Waals surface area contributed by atoms with Gasteiger partial charge in [0, 0.05) is 11.8 Å². The van der Waals surface area contributed by atoms with Gasteiger partial charge in [0.05, 0.1) is 15.5 Å². The van der Waals surface area contributed by atoms with E-state index in [0.717, 1.165) is 12.3 Å². The number of amides is 2. The lowest BCUT2D eigenvalue weighted by Gasteiger charge is -2.08. The Hall–Kier alpha value is -2.32. The van der Waals surface area contributed by atoms with Crippen LogP contribution in [0, 0.1) is 13.8 Å².